The number of rotatable bonds is 24. The van der Waals surface area contributed by atoms with Gasteiger partial charge in [-0.05, 0) is 149 Å². The number of carbonyl (C=O) groups is 6. The monoisotopic (exact) mass is 913 g/mol. The lowest BCUT2D eigenvalue weighted by atomic mass is 9.87. The second-order valence-corrected chi connectivity index (χ2v) is 17.9. The zero-order valence-electron chi connectivity index (χ0n) is 41.3. The Hall–Kier alpha value is -5.52. The molecule has 0 aromatic heterocycles. The molecule has 6 atom stereocenters. The first kappa shape index (κ1) is 53.1. The van der Waals surface area contributed by atoms with Crippen molar-refractivity contribution in [2.24, 2.45) is 0 Å². The van der Waals surface area contributed by atoms with Gasteiger partial charge in [0.1, 0.15) is 0 Å². The maximum Gasteiger partial charge on any atom is 0.339 e. The van der Waals surface area contributed by atoms with Crippen LogP contribution in [0.2, 0.25) is 0 Å². The summed E-state index contributed by atoms with van der Waals surface area (Å²) < 4.78 is 35.4. The predicted octanol–water partition coefficient (Wildman–Crippen LogP) is 13.2. The number of benzene rings is 4. The van der Waals surface area contributed by atoms with Crippen molar-refractivity contribution in [1.29, 1.82) is 0 Å². The smallest absolute Gasteiger partial charge is 0.339 e. The van der Waals surface area contributed by atoms with Crippen molar-refractivity contribution >= 4 is 68.1 Å². The summed E-state index contributed by atoms with van der Waals surface area (Å²) in [6.07, 6.45) is 5.09. The van der Waals surface area contributed by atoms with Crippen molar-refractivity contribution in [3.8, 4) is 0 Å². The molecule has 0 radical (unpaired) electrons. The van der Waals surface area contributed by atoms with E-state index in [0.29, 0.717) is 70.8 Å². The molecule has 0 N–H and O–H groups in total. The van der Waals surface area contributed by atoms with Gasteiger partial charge in [0.25, 0.3) is 0 Å². The molecule has 0 aliphatic heterocycles. The predicted molar refractivity (Wildman–Crippen MR) is 258 cm³/mol. The van der Waals surface area contributed by atoms with Crippen molar-refractivity contribution in [2.75, 3.05) is 0 Å². The molecule has 0 saturated carbocycles. The Morgan fingerprint density at radius 1 is 0.288 bits per heavy atom. The summed E-state index contributed by atoms with van der Waals surface area (Å²) in [4.78, 5) is 85.5. The zero-order chi connectivity index (χ0) is 48.8. The molecule has 0 saturated heterocycles. The Bertz CT molecular complexity index is 1930. The molecule has 0 bridgehead atoms. The van der Waals surface area contributed by atoms with E-state index in [4.69, 9.17) is 28.4 Å². The van der Waals surface area contributed by atoms with Crippen LogP contribution < -0.4 is 0 Å². The summed E-state index contributed by atoms with van der Waals surface area (Å²) in [6.45, 7) is 22.5. The molecular formula is C54H72O12. The van der Waals surface area contributed by atoms with Crippen molar-refractivity contribution in [1.82, 2.24) is 0 Å². The second-order valence-electron chi connectivity index (χ2n) is 17.9. The minimum absolute atomic E-state index is 0.0736. The molecule has 4 rings (SSSR count). The number of fused-ring (bicyclic) bond motifs is 6. The highest BCUT2D eigenvalue weighted by molar-refractivity contribution is 6.30. The van der Waals surface area contributed by atoms with Crippen LogP contribution in [0.1, 0.15) is 222 Å². The Balaban J connectivity index is 2.31. The van der Waals surface area contributed by atoms with E-state index in [1.54, 1.807) is 41.5 Å². The van der Waals surface area contributed by atoms with Crippen LogP contribution in [0.25, 0.3) is 32.3 Å². The normalized spacial score (nSPS) is 14.2. The standard InChI is InChI=1S/C54H72O12/c1-13-19-31(7)61-49(55)43-25-37-38(26-44(43)50(56)62-32(8)20-14-2)40-28-46(52(58)64-34(10)22-16-4)48(54(60)66-36(12)24-18-6)30-42(40)41-29-47(53(59)65-35(11)23-17-5)45(27-39(37)41)51(57)63-33(9)21-15-3/h25-36H,13-24H2,1-12H3/t31-,32-,33-,34-,35-,36-/m1/s1. The summed E-state index contributed by atoms with van der Waals surface area (Å²) in [5.41, 5.74) is -0.442. The minimum Gasteiger partial charge on any atom is -0.459 e. The largest absolute Gasteiger partial charge is 0.459 e. The third-order valence-electron chi connectivity index (χ3n) is 11.7. The highest BCUT2D eigenvalue weighted by Gasteiger charge is 2.31. The fourth-order valence-corrected chi connectivity index (χ4v) is 8.42. The molecular weight excluding hydrogens is 841 g/mol. The maximum absolute atomic E-state index is 14.2. The molecule has 4 aromatic rings. The van der Waals surface area contributed by atoms with Crippen LogP contribution in [-0.4, -0.2) is 72.4 Å². The first-order valence-corrected chi connectivity index (χ1v) is 24.2. The van der Waals surface area contributed by atoms with Crippen LogP contribution in [0, 0.1) is 0 Å². The van der Waals surface area contributed by atoms with Crippen molar-refractivity contribution < 1.29 is 57.2 Å². The zero-order valence-corrected chi connectivity index (χ0v) is 41.3. The van der Waals surface area contributed by atoms with E-state index < -0.39 is 72.4 Å². The fraction of sp³-hybridized carbons (Fsp3) is 0.556. The fourth-order valence-electron chi connectivity index (χ4n) is 8.42. The first-order valence-electron chi connectivity index (χ1n) is 24.2. The van der Waals surface area contributed by atoms with E-state index in [2.05, 4.69) is 0 Å². The minimum atomic E-state index is -0.757. The SMILES string of the molecule is CCC[C@@H](C)OC(=O)c1cc2c3cc(C(=O)O[C@H](C)CCC)c(C(=O)O[C@H](C)CCC)cc3c3cc(C(=O)O[C@H](C)CCC)c(C(=O)O[C@H](C)CCC)cc3c2cc1C(=O)O[C@H](C)CCC. The summed E-state index contributed by atoms with van der Waals surface area (Å²) >= 11 is 0. The lowest BCUT2D eigenvalue weighted by molar-refractivity contribution is 0.0274. The summed E-state index contributed by atoms with van der Waals surface area (Å²) in [5, 5.41) is 2.28. The van der Waals surface area contributed by atoms with Crippen LogP contribution in [0.4, 0.5) is 0 Å². The van der Waals surface area contributed by atoms with Crippen LogP contribution in [-0.2, 0) is 28.4 Å². The number of esters is 6. The van der Waals surface area contributed by atoms with Gasteiger partial charge in [0.05, 0.1) is 70.0 Å². The van der Waals surface area contributed by atoms with Crippen LogP contribution in [0.5, 0.6) is 0 Å². The molecule has 0 aliphatic rings. The van der Waals surface area contributed by atoms with Gasteiger partial charge in [-0.15, -0.1) is 0 Å². The third kappa shape index (κ3) is 13.3. The summed E-state index contributed by atoms with van der Waals surface area (Å²) in [6, 6.07) is 9.20. The van der Waals surface area contributed by atoms with Gasteiger partial charge in [-0.25, -0.2) is 28.8 Å². The van der Waals surface area contributed by atoms with E-state index in [1.165, 1.54) is 36.4 Å². The van der Waals surface area contributed by atoms with Gasteiger partial charge in [0, 0.05) is 0 Å². The van der Waals surface area contributed by atoms with Crippen LogP contribution in [0.3, 0.4) is 0 Å². The van der Waals surface area contributed by atoms with Gasteiger partial charge in [-0.2, -0.15) is 0 Å². The Kier molecular flexibility index (Phi) is 20.0. The van der Waals surface area contributed by atoms with E-state index in [0.717, 1.165) is 38.5 Å². The molecule has 0 unspecified atom stereocenters. The van der Waals surface area contributed by atoms with Crippen molar-refractivity contribution in [3.63, 3.8) is 0 Å². The van der Waals surface area contributed by atoms with Gasteiger partial charge < -0.3 is 28.4 Å². The van der Waals surface area contributed by atoms with Crippen molar-refractivity contribution in [3.05, 3.63) is 69.8 Å². The maximum atomic E-state index is 14.2. The lowest BCUT2D eigenvalue weighted by Gasteiger charge is -2.21. The quantitative estimate of drug-likeness (QED) is 0.0373. The average Bonchev–Trinajstić information content (AvgIpc) is 3.25. The Morgan fingerprint density at radius 2 is 0.409 bits per heavy atom. The average molecular weight is 913 g/mol. The van der Waals surface area contributed by atoms with E-state index >= 15 is 0 Å². The Labute approximate surface area is 390 Å². The highest BCUT2D eigenvalue weighted by Crippen LogP contribution is 2.41. The van der Waals surface area contributed by atoms with Crippen LogP contribution in [0.15, 0.2) is 36.4 Å². The van der Waals surface area contributed by atoms with Gasteiger partial charge >= 0.3 is 35.8 Å². The van der Waals surface area contributed by atoms with Crippen molar-refractivity contribution in [2.45, 2.75) is 197 Å². The molecule has 66 heavy (non-hydrogen) atoms. The first-order chi connectivity index (χ1) is 31.4. The second kappa shape index (κ2) is 24.8. The van der Waals surface area contributed by atoms with E-state index in [1.807, 2.05) is 41.5 Å². The van der Waals surface area contributed by atoms with E-state index in [9.17, 15) is 28.8 Å². The molecule has 12 nitrogen and oxygen atoms in total. The third-order valence-corrected chi connectivity index (χ3v) is 11.7. The molecule has 4 aromatic carbocycles. The number of carbonyl (C=O) groups excluding carboxylic acids is 6. The molecule has 0 heterocycles. The van der Waals surface area contributed by atoms with Crippen LogP contribution >= 0.6 is 0 Å². The molecule has 0 amide bonds. The summed E-state index contributed by atoms with van der Waals surface area (Å²) in [5.74, 6) is -4.54. The molecule has 0 aliphatic carbocycles. The molecule has 12 heteroatoms. The lowest BCUT2D eigenvalue weighted by Crippen LogP contribution is -2.22. The molecule has 0 spiro atoms. The highest BCUT2D eigenvalue weighted by atomic mass is 16.6. The van der Waals surface area contributed by atoms with Gasteiger partial charge in [0.15, 0.2) is 0 Å². The Morgan fingerprint density at radius 3 is 0.515 bits per heavy atom. The molecule has 360 valence electrons. The number of hydrogen-bond acceptors (Lipinski definition) is 12. The molecule has 0 fully saturated rings. The van der Waals surface area contributed by atoms with Gasteiger partial charge in [-0.3, -0.25) is 0 Å². The van der Waals surface area contributed by atoms with E-state index in [-0.39, 0.29) is 33.4 Å². The van der Waals surface area contributed by atoms with Gasteiger partial charge in [0.2, 0.25) is 0 Å². The topological polar surface area (TPSA) is 158 Å². The van der Waals surface area contributed by atoms with Gasteiger partial charge in [-0.1, -0.05) is 80.1 Å². The number of ether oxygens (including phenoxy) is 6. The number of hydrogen-bond donors (Lipinski definition) is 0. The summed E-state index contributed by atoms with van der Waals surface area (Å²) in [7, 11) is 0.